The van der Waals surface area contributed by atoms with Gasteiger partial charge >= 0.3 is 0 Å². The maximum absolute atomic E-state index is 11.1. The van der Waals surface area contributed by atoms with Crippen LogP contribution in [0.25, 0.3) is 0 Å². The number of hydrogen-bond acceptors (Lipinski definition) is 3. The summed E-state index contributed by atoms with van der Waals surface area (Å²) in [6.07, 6.45) is 0.455. The van der Waals surface area contributed by atoms with Crippen LogP contribution >= 0.6 is 0 Å². The Morgan fingerprint density at radius 2 is 1.69 bits per heavy atom. The Hall–Kier alpha value is -1.88. The molecule has 1 fully saturated rings. The van der Waals surface area contributed by atoms with E-state index >= 15 is 0 Å². The lowest BCUT2D eigenvalue weighted by Gasteiger charge is -2.30. The van der Waals surface area contributed by atoms with Crippen LogP contribution in [0.1, 0.15) is 36.5 Å². The van der Waals surface area contributed by atoms with Crippen molar-refractivity contribution in [3.8, 4) is 5.75 Å². The van der Waals surface area contributed by atoms with Crippen molar-refractivity contribution in [3.63, 3.8) is 0 Å². The van der Waals surface area contributed by atoms with Crippen molar-refractivity contribution < 1.29 is 19.5 Å². The molecule has 140 valence electrons. The zero-order valence-corrected chi connectivity index (χ0v) is 15.6. The fraction of sp³-hybridized carbons (Fsp3) is 0.455. The van der Waals surface area contributed by atoms with Gasteiger partial charge in [-0.3, -0.25) is 0 Å². The van der Waals surface area contributed by atoms with E-state index in [4.69, 9.17) is 9.47 Å². The molecule has 2 aromatic carbocycles. The highest BCUT2D eigenvalue weighted by atomic mass is 16.5. The van der Waals surface area contributed by atoms with Crippen molar-refractivity contribution in [2.45, 2.75) is 25.4 Å². The average molecular weight is 356 g/mol. The first-order chi connectivity index (χ1) is 12.8. The Labute approximate surface area is 156 Å². The van der Waals surface area contributed by atoms with Crippen molar-refractivity contribution in [3.05, 3.63) is 65.7 Å². The van der Waals surface area contributed by atoms with Gasteiger partial charge in [-0.1, -0.05) is 49.4 Å². The van der Waals surface area contributed by atoms with E-state index in [1.54, 1.807) is 0 Å². The molecule has 0 bridgehead atoms. The molecular formula is C22H30NO3+. The topological polar surface area (TPSA) is 43.1 Å². The highest BCUT2D eigenvalue weighted by Gasteiger charge is 2.28. The maximum Gasteiger partial charge on any atom is 0.119 e. The Morgan fingerprint density at radius 3 is 2.35 bits per heavy atom. The van der Waals surface area contributed by atoms with Crippen LogP contribution in [0.3, 0.4) is 0 Å². The van der Waals surface area contributed by atoms with Gasteiger partial charge in [-0.05, 0) is 29.7 Å². The molecule has 4 heteroatoms. The number of nitrogens with one attached hydrogen (secondary N) is 1. The summed E-state index contributed by atoms with van der Waals surface area (Å²) in [4.78, 5) is 1.49. The van der Waals surface area contributed by atoms with Crippen molar-refractivity contribution in [2.24, 2.45) is 0 Å². The SMILES string of the molecule is CCCOc1ccc([C@H](O)[C@H](C[NH+]2CCOCC2)c2ccccc2)cc1. The second kappa shape index (κ2) is 9.72. The molecule has 1 heterocycles. The summed E-state index contributed by atoms with van der Waals surface area (Å²) in [7, 11) is 0. The molecule has 0 spiro atoms. The van der Waals surface area contributed by atoms with Crippen molar-refractivity contribution in [1.29, 1.82) is 0 Å². The molecule has 2 N–H and O–H groups in total. The smallest absolute Gasteiger partial charge is 0.119 e. The predicted octanol–water partition coefficient (Wildman–Crippen LogP) is 2.21. The Kier molecular flexibility index (Phi) is 7.06. The Balaban J connectivity index is 1.76. The molecule has 1 saturated heterocycles. The average Bonchev–Trinajstić information content (AvgIpc) is 2.72. The molecule has 0 saturated carbocycles. The molecule has 0 radical (unpaired) electrons. The minimum Gasteiger partial charge on any atom is -0.494 e. The lowest BCUT2D eigenvalue weighted by atomic mass is 9.88. The first-order valence-corrected chi connectivity index (χ1v) is 9.65. The van der Waals surface area contributed by atoms with Gasteiger partial charge in [0.05, 0.1) is 38.4 Å². The maximum atomic E-state index is 11.1. The highest BCUT2D eigenvalue weighted by Crippen LogP contribution is 2.31. The summed E-state index contributed by atoms with van der Waals surface area (Å²) in [5.74, 6) is 0.921. The second-order valence-corrected chi connectivity index (χ2v) is 6.95. The van der Waals surface area contributed by atoms with Crippen molar-refractivity contribution >= 4 is 0 Å². The molecular weight excluding hydrogens is 326 g/mol. The second-order valence-electron chi connectivity index (χ2n) is 6.95. The minimum atomic E-state index is -0.534. The molecule has 1 aliphatic heterocycles. The summed E-state index contributed by atoms with van der Waals surface area (Å²) >= 11 is 0. The zero-order valence-electron chi connectivity index (χ0n) is 15.6. The standard InChI is InChI=1S/C22H29NO3/c1-2-14-26-20-10-8-19(9-11-20)22(24)21(18-6-4-3-5-7-18)17-23-12-15-25-16-13-23/h3-11,21-22,24H,2,12-17H2,1H3/p+1/t21-,22+/m1/s1. The third-order valence-electron chi connectivity index (χ3n) is 5.01. The molecule has 0 unspecified atom stereocenters. The summed E-state index contributed by atoms with van der Waals surface area (Å²) in [5.41, 5.74) is 2.13. The third-order valence-corrected chi connectivity index (χ3v) is 5.01. The number of aliphatic hydroxyl groups is 1. The van der Waals surface area contributed by atoms with Crippen LogP contribution in [-0.4, -0.2) is 44.6 Å². The van der Waals surface area contributed by atoms with E-state index in [0.717, 1.165) is 57.2 Å². The van der Waals surface area contributed by atoms with Gasteiger partial charge in [-0.15, -0.1) is 0 Å². The number of aliphatic hydroxyl groups excluding tert-OH is 1. The van der Waals surface area contributed by atoms with Gasteiger partial charge in [-0.25, -0.2) is 0 Å². The number of quaternary nitrogens is 1. The zero-order chi connectivity index (χ0) is 18.2. The summed E-state index contributed by atoms with van der Waals surface area (Å²) in [5, 5.41) is 11.1. The Morgan fingerprint density at radius 1 is 1.00 bits per heavy atom. The van der Waals surface area contributed by atoms with Gasteiger partial charge in [0.15, 0.2) is 0 Å². The van der Waals surface area contributed by atoms with E-state index in [2.05, 4.69) is 19.1 Å². The van der Waals surface area contributed by atoms with Gasteiger partial charge in [0, 0.05) is 0 Å². The van der Waals surface area contributed by atoms with E-state index in [1.165, 1.54) is 10.5 Å². The molecule has 2 aromatic rings. The van der Waals surface area contributed by atoms with E-state index in [-0.39, 0.29) is 5.92 Å². The van der Waals surface area contributed by atoms with Crippen LogP contribution in [0.2, 0.25) is 0 Å². The molecule has 3 rings (SSSR count). The first kappa shape index (κ1) is 18.9. The van der Waals surface area contributed by atoms with Gasteiger partial charge < -0.3 is 19.5 Å². The molecule has 0 aromatic heterocycles. The number of morpholine rings is 1. The van der Waals surface area contributed by atoms with E-state index in [9.17, 15) is 5.11 Å². The molecule has 0 amide bonds. The number of hydrogen-bond donors (Lipinski definition) is 2. The molecule has 4 nitrogen and oxygen atoms in total. The molecule has 2 atom stereocenters. The van der Waals surface area contributed by atoms with Gasteiger partial charge in [-0.2, -0.15) is 0 Å². The predicted molar refractivity (Wildman–Crippen MR) is 103 cm³/mol. The van der Waals surface area contributed by atoms with Gasteiger partial charge in [0.2, 0.25) is 0 Å². The monoisotopic (exact) mass is 356 g/mol. The fourth-order valence-electron chi connectivity index (χ4n) is 3.50. The third kappa shape index (κ3) is 5.07. The van der Waals surface area contributed by atoms with Crippen molar-refractivity contribution in [1.82, 2.24) is 0 Å². The van der Waals surface area contributed by atoms with E-state index in [0.29, 0.717) is 0 Å². The Bertz CT molecular complexity index is 638. The number of rotatable bonds is 8. The summed E-state index contributed by atoms with van der Waals surface area (Å²) in [6, 6.07) is 18.2. The quantitative estimate of drug-likeness (QED) is 0.762. The fourth-order valence-corrected chi connectivity index (χ4v) is 3.50. The summed E-state index contributed by atoms with van der Waals surface area (Å²) in [6.45, 7) is 7.32. The molecule has 1 aliphatic rings. The van der Waals surface area contributed by atoms with E-state index < -0.39 is 6.10 Å². The van der Waals surface area contributed by atoms with Crippen LogP contribution in [-0.2, 0) is 4.74 Å². The van der Waals surface area contributed by atoms with Crippen molar-refractivity contribution in [2.75, 3.05) is 39.5 Å². The normalized spacial score (nSPS) is 17.6. The van der Waals surface area contributed by atoms with Crippen LogP contribution in [0.4, 0.5) is 0 Å². The lowest BCUT2D eigenvalue weighted by molar-refractivity contribution is -0.909. The number of benzene rings is 2. The lowest BCUT2D eigenvalue weighted by Crippen LogP contribution is -3.14. The van der Waals surface area contributed by atoms with E-state index in [1.807, 2.05) is 42.5 Å². The molecule has 26 heavy (non-hydrogen) atoms. The van der Waals surface area contributed by atoms with Crippen LogP contribution in [0.15, 0.2) is 54.6 Å². The summed E-state index contributed by atoms with van der Waals surface area (Å²) < 4.78 is 11.1. The van der Waals surface area contributed by atoms with Crippen LogP contribution in [0, 0.1) is 0 Å². The number of ether oxygens (including phenoxy) is 2. The van der Waals surface area contributed by atoms with Crippen LogP contribution < -0.4 is 9.64 Å². The van der Waals surface area contributed by atoms with Gasteiger partial charge in [0.1, 0.15) is 18.8 Å². The first-order valence-electron chi connectivity index (χ1n) is 9.65. The largest absolute Gasteiger partial charge is 0.494 e. The minimum absolute atomic E-state index is 0.0618. The highest BCUT2D eigenvalue weighted by molar-refractivity contribution is 5.31. The van der Waals surface area contributed by atoms with Crippen LogP contribution in [0.5, 0.6) is 5.75 Å². The van der Waals surface area contributed by atoms with Gasteiger partial charge in [0.25, 0.3) is 0 Å². The molecule has 0 aliphatic carbocycles.